The summed E-state index contributed by atoms with van der Waals surface area (Å²) in [5.74, 6) is 0.638. The third-order valence-corrected chi connectivity index (χ3v) is 2.57. The van der Waals surface area contributed by atoms with E-state index in [0.717, 1.165) is 0 Å². The Bertz CT molecular complexity index is 228. The van der Waals surface area contributed by atoms with E-state index >= 15 is 0 Å². The molecule has 0 aliphatic rings. The summed E-state index contributed by atoms with van der Waals surface area (Å²) >= 11 is 1.82. The van der Waals surface area contributed by atoms with Crippen LogP contribution < -0.4 is 0 Å². The fourth-order valence-electron chi connectivity index (χ4n) is 1.14. The van der Waals surface area contributed by atoms with Gasteiger partial charge in [0.2, 0.25) is 0 Å². The van der Waals surface area contributed by atoms with Gasteiger partial charge in [-0.05, 0) is 23.8 Å². The first-order valence-corrected chi connectivity index (χ1v) is 5.11. The Hall–Kier alpha value is -0.430. The topological polar surface area (TPSA) is 0 Å². The molecule has 0 atom stereocenters. The molecule has 60 valence electrons. The van der Waals surface area contributed by atoms with E-state index in [1.165, 1.54) is 10.5 Å². The monoisotopic (exact) mass is 166 g/mol. The molecule has 0 fully saturated rings. The molecular formula is C10H14S. The van der Waals surface area contributed by atoms with Crippen LogP contribution in [0.2, 0.25) is 0 Å². The molecule has 0 aliphatic carbocycles. The van der Waals surface area contributed by atoms with Crippen LogP contribution in [0.1, 0.15) is 25.3 Å². The number of thioether (sulfide) groups is 1. The van der Waals surface area contributed by atoms with Gasteiger partial charge in [0.1, 0.15) is 0 Å². The lowest BCUT2D eigenvalue weighted by molar-refractivity contribution is 0.842. The summed E-state index contributed by atoms with van der Waals surface area (Å²) in [5.41, 5.74) is 1.46. The number of benzene rings is 1. The second kappa shape index (κ2) is 3.82. The molecule has 11 heavy (non-hydrogen) atoms. The van der Waals surface area contributed by atoms with Crippen LogP contribution in [-0.4, -0.2) is 6.26 Å². The Kier molecular flexibility index (Phi) is 3.01. The lowest BCUT2D eigenvalue weighted by atomic mass is 10.0. The molecule has 0 saturated carbocycles. The van der Waals surface area contributed by atoms with Crippen molar-refractivity contribution in [2.24, 2.45) is 0 Å². The highest BCUT2D eigenvalue weighted by Crippen LogP contribution is 2.25. The zero-order valence-corrected chi connectivity index (χ0v) is 8.11. The minimum atomic E-state index is 0.638. The van der Waals surface area contributed by atoms with Crippen molar-refractivity contribution in [2.45, 2.75) is 24.7 Å². The number of hydrogen-bond donors (Lipinski definition) is 0. The van der Waals surface area contributed by atoms with E-state index in [4.69, 9.17) is 0 Å². The predicted octanol–water partition coefficient (Wildman–Crippen LogP) is 3.53. The van der Waals surface area contributed by atoms with Crippen LogP contribution in [-0.2, 0) is 0 Å². The van der Waals surface area contributed by atoms with Crippen molar-refractivity contribution in [3.63, 3.8) is 0 Å². The van der Waals surface area contributed by atoms with E-state index in [9.17, 15) is 0 Å². The molecule has 0 amide bonds. The summed E-state index contributed by atoms with van der Waals surface area (Å²) in [6, 6.07) is 8.59. The molecule has 0 spiro atoms. The first kappa shape index (κ1) is 8.66. The largest absolute Gasteiger partial charge is 0.129 e. The van der Waals surface area contributed by atoms with Crippen molar-refractivity contribution in [1.82, 2.24) is 0 Å². The molecule has 1 heteroatoms. The Morgan fingerprint density at radius 3 is 2.27 bits per heavy atom. The fraction of sp³-hybridized carbons (Fsp3) is 0.400. The second-order valence-electron chi connectivity index (χ2n) is 2.90. The van der Waals surface area contributed by atoms with E-state index in [1.54, 1.807) is 0 Å². The summed E-state index contributed by atoms with van der Waals surface area (Å²) in [6.45, 7) is 4.46. The molecule has 1 aromatic carbocycles. The Morgan fingerprint density at radius 1 is 1.18 bits per heavy atom. The maximum atomic E-state index is 2.23. The predicted molar refractivity (Wildman–Crippen MR) is 52.3 cm³/mol. The van der Waals surface area contributed by atoms with Crippen molar-refractivity contribution in [3.8, 4) is 0 Å². The van der Waals surface area contributed by atoms with E-state index in [2.05, 4.69) is 44.4 Å². The molecule has 0 nitrogen and oxygen atoms in total. The molecule has 0 bridgehead atoms. The van der Waals surface area contributed by atoms with Gasteiger partial charge in [-0.1, -0.05) is 32.0 Å². The quantitative estimate of drug-likeness (QED) is 0.606. The van der Waals surface area contributed by atoms with Gasteiger partial charge >= 0.3 is 0 Å². The summed E-state index contributed by atoms with van der Waals surface area (Å²) in [4.78, 5) is 1.41. The average Bonchev–Trinajstić information content (AvgIpc) is 2.04. The first-order valence-electron chi connectivity index (χ1n) is 3.88. The number of hydrogen-bond acceptors (Lipinski definition) is 1. The van der Waals surface area contributed by atoms with Crippen molar-refractivity contribution in [3.05, 3.63) is 29.8 Å². The summed E-state index contributed by atoms with van der Waals surface area (Å²) in [6.07, 6.45) is 2.13. The van der Waals surface area contributed by atoms with Crippen LogP contribution >= 0.6 is 11.8 Å². The fourth-order valence-corrected chi connectivity index (χ4v) is 1.90. The molecular weight excluding hydrogens is 152 g/mol. The van der Waals surface area contributed by atoms with Crippen LogP contribution in [0, 0.1) is 0 Å². The van der Waals surface area contributed by atoms with Crippen LogP contribution in [0.25, 0.3) is 0 Å². The van der Waals surface area contributed by atoms with Crippen LogP contribution in [0.3, 0.4) is 0 Å². The maximum absolute atomic E-state index is 2.23. The highest BCUT2D eigenvalue weighted by Gasteiger charge is 2.02. The van der Waals surface area contributed by atoms with Gasteiger partial charge in [0, 0.05) is 4.90 Å². The molecule has 1 rings (SSSR count). The van der Waals surface area contributed by atoms with Crippen LogP contribution in [0.5, 0.6) is 0 Å². The summed E-state index contributed by atoms with van der Waals surface area (Å²) in [5, 5.41) is 0. The van der Waals surface area contributed by atoms with Crippen molar-refractivity contribution >= 4 is 11.8 Å². The van der Waals surface area contributed by atoms with E-state index in [1.807, 2.05) is 11.8 Å². The van der Waals surface area contributed by atoms with E-state index < -0.39 is 0 Å². The maximum Gasteiger partial charge on any atom is 0.0104 e. The van der Waals surface area contributed by atoms with Crippen molar-refractivity contribution in [1.29, 1.82) is 0 Å². The van der Waals surface area contributed by atoms with Gasteiger partial charge in [-0.3, -0.25) is 0 Å². The average molecular weight is 166 g/mol. The zero-order valence-electron chi connectivity index (χ0n) is 7.29. The van der Waals surface area contributed by atoms with Crippen LogP contribution in [0.4, 0.5) is 0 Å². The Labute approximate surface area is 73.0 Å². The van der Waals surface area contributed by atoms with E-state index in [0.29, 0.717) is 5.92 Å². The second-order valence-corrected chi connectivity index (χ2v) is 3.74. The standard InChI is InChI=1S/C10H14S/c1-8(2)9-6-4-5-7-10(9)11-3/h4-8H,1-3H3. The Morgan fingerprint density at radius 2 is 1.82 bits per heavy atom. The van der Waals surface area contributed by atoms with Gasteiger partial charge in [-0.15, -0.1) is 11.8 Å². The highest BCUT2D eigenvalue weighted by molar-refractivity contribution is 7.98. The minimum absolute atomic E-state index is 0.638. The molecule has 1 aromatic rings. The van der Waals surface area contributed by atoms with Gasteiger partial charge in [0.25, 0.3) is 0 Å². The lowest BCUT2D eigenvalue weighted by Gasteiger charge is -2.09. The summed E-state index contributed by atoms with van der Waals surface area (Å²) < 4.78 is 0. The molecule has 0 saturated heterocycles. The molecule has 0 unspecified atom stereocenters. The highest BCUT2D eigenvalue weighted by atomic mass is 32.2. The number of rotatable bonds is 2. The SMILES string of the molecule is CSc1ccccc1C(C)C. The molecule has 0 aliphatic heterocycles. The minimum Gasteiger partial charge on any atom is -0.129 e. The molecule has 0 radical (unpaired) electrons. The van der Waals surface area contributed by atoms with Gasteiger partial charge in [-0.25, -0.2) is 0 Å². The lowest BCUT2D eigenvalue weighted by Crippen LogP contribution is -1.88. The van der Waals surface area contributed by atoms with Gasteiger partial charge in [-0.2, -0.15) is 0 Å². The van der Waals surface area contributed by atoms with Crippen LogP contribution in [0.15, 0.2) is 29.2 Å². The van der Waals surface area contributed by atoms with Gasteiger partial charge < -0.3 is 0 Å². The molecule has 0 aromatic heterocycles. The first-order chi connectivity index (χ1) is 5.25. The molecule has 0 heterocycles. The summed E-state index contributed by atoms with van der Waals surface area (Å²) in [7, 11) is 0. The third-order valence-electron chi connectivity index (χ3n) is 1.76. The Balaban J connectivity index is 3.02. The van der Waals surface area contributed by atoms with Crippen molar-refractivity contribution in [2.75, 3.05) is 6.26 Å². The van der Waals surface area contributed by atoms with E-state index in [-0.39, 0.29) is 0 Å². The van der Waals surface area contributed by atoms with Gasteiger partial charge in [0.05, 0.1) is 0 Å². The molecule has 0 N–H and O–H groups in total. The van der Waals surface area contributed by atoms with Gasteiger partial charge in [0.15, 0.2) is 0 Å². The third kappa shape index (κ3) is 2.00. The smallest absolute Gasteiger partial charge is 0.0104 e. The van der Waals surface area contributed by atoms with Crippen molar-refractivity contribution < 1.29 is 0 Å². The normalized spacial score (nSPS) is 10.5. The zero-order chi connectivity index (χ0) is 8.27.